The zero-order valence-corrected chi connectivity index (χ0v) is 10.4. The van der Waals surface area contributed by atoms with Crippen LogP contribution in [0.3, 0.4) is 0 Å². The second-order valence-electron chi connectivity index (χ2n) is 5.33. The molecule has 0 aliphatic carbocycles. The van der Waals surface area contributed by atoms with Gasteiger partial charge in [-0.1, -0.05) is 0 Å². The van der Waals surface area contributed by atoms with E-state index in [0.717, 1.165) is 26.1 Å². The van der Waals surface area contributed by atoms with Crippen LogP contribution < -0.4 is 5.32 Å². The molecule has 16 heavy (non-hydrogen) atoms. The van der Waals surface area contributed by atoms with Gasteiger partial charge in [-0.3, -0.25) is 4.79 Å². The Morgan fingerprint density at radius 1 is 1.25 bits per heavy atom. The number of carbonyl (C=O) groups excluding carboxylic acids is 1. The molecule has 0 aromatic carbocycles. The van der Waals surface area contributed by atoms with Gasteiger partial charge in [-0.05, 0) is 58.0 Å². The van der Waals surface area contributed by atoms with Crippen molar-refractivity contribution in [3.63, 3.8) is 0 Å². The average Bonchev–Trinajstić information content (AvgIpc) is 2.31. The number of hydrogen-bond acceptors (Lipinski definition) is 2. The van der Waals surface area contributed by atoms with E-state index in [1.54, 1.807) is 0 Å². The normalized spacial score (nSPS) is 28.1. The molecular formula is C13H24N2O. The van der Waals surface area contributed by atoms with Gasteiger partial charge >= 0.3 is 0 Å². The molecule has 0 radical (unpaired) electrons. The Labute approximate surface area is 98.6 Å². The minimum Gasteiger partial charge on any atom is -0.340 e. The van der Waals surface area contributed by atoms with Gasteiger partial charge < -0.3 is 10.2 Å². The smallest absolute Gasteiger partial charge is 0.223 e. The van der Waals surface area contributed by atoms with Crippen molar-refractivity contribution in [2.75, 3.05) is 19.6 Å². The topological polar surface area (TPSA) is 32.3 Å². The van der Waals surface area contributed by atoms with Crippen molar-refractivity contribution < 1.29 is 4.79 Å². The van der Waals surface area contributed by atoms with Crippen LogP contribution in [-0.2, 0) is 4.79 Å². The second kappa shape index (κ2) is 5.67. The lowest BCUT2D eigenvalue weighted by atomic mass is 9.93. The predicted molar refractivity (Wildman–Crippen MR) is 65.2 cm³/mol. The first-order valence-corrected chi connectivity index (χ1v) is 6.77. The van der Waals surface area contributed by atoms with Gasteiger partial charge in [0.1, 0.15) is 0 Å². The van der Waals surface area contributed by atoms with E-state index < -0.39 is 0 Å². The lowest BCUT2D eigenvalue weighted by Crippen LogP contribution is -2.43. The summed E-state index contributed by atoms with van der Waals surface area (Å²) in [6.45, 7) is 5.37. The van der Waals surface area contributed by atoms with Crippen molar-refractivity contribution in [2.24, 2.45) is 5.92 Å². The number of carbonyl (C=O) groups is 1. The molecule has 3 nitrogen and oxygen atoms in total. The molecule has 0 aromatic rings. The summed E-state index contributed by atoms with van der Waals surface area (Å²) in [6.07, 6.45) is 6.81. The fourth-order valence-electron chi connectivity index (χ4n) is 2.92. The molecule has 0 saturated carbocycles. The van der Waals surface area contributed by atoms with Gasteiger partial charge in [0.15, 0.2) is 0 Å². The molecule has 2 heterocycles. The van der Waals surface area contributed by atoms with Gasteiger partial charge in [-0.2, -0.15) is 0 Å². The van der Waals surface area contributed by atoms with E-state index in [1.807, 2.05) is 0 Å². The third kappa shape index (κ3) is 2.97. The van der Waals surface area contributed by atoms with Crippen molar-refractivity contribution in [3.05, 3.63) is 0 Å². The largest absolute Gasteiger partial charge is 0.340 e. The molecule has 3 heteroatoms. The van der Waals surface area contributed by atoms with E-state index in [9.17, 15) is 4.79 Å². The number of rotatable bonds is 2. The predicted octanol–water partition coefficient (Wildman–Crippen LogP) is 1.78. The summed E-state index contributed by atoms with van der Waals surface area (Å²) in [5.74, 6) is 1.03. The van der Waals surface area contributed by atoms with Gasteiger partial charge in [0.05, 0.1) is 0 Å². The molecule has 2 aliphatic heterocycles. The molecule has 92 valence electrons. The highest BCUT2D eigenvalue weighted by molar-refractivity contribution is 5.76. The molecule has 2 saturated heterocycles. The molecule has 2 rings (SSSR count). The minimum atomic E-state index is 0.402. The molecule has 0 bridgehead atoms. The van der Waals surface area contributed by atoms with Crippen LogP contribution in [0.2, 0.25) is 0 Å². The Morgan fingerprint density at radius 2 is 2.00 bits per heavy atom. The maximum atomic E-state index is 12.2. The highest BCUT2D eigenvalue weighted by Gasteiger charge is 2.25. The number of likely N-dealkylation sites (tertiary alicyclic amines) is 1. The first-order valence-electron chi connectivity index (χ1n) is 6.77. The molecular weight excluding hydrogens is 200 g/mol. The Balaban J connectivity index is 1.81. The Morgan fingerprint density at radius 3 is 2.69 bits per heavy atom. The summed E-state index contributed by atoms with van der Waals surface area (Å²) in [4.78, 5) is 14.3. The zero-order chi connectivity index (χ0) is 11.4. The third-order valence-electron chi connectivity index (χ3n) is 4.05. The number of nitrogens with zero attached hydrogens (tertiary/aromatic N) is 1. The summed E-state index contributed by atoms with van der Waals surface area (Å²) in [5.41, 5.74) is 0. The summed E-state index contributed by atoms with van der Waals surface area (Å²) < 4.78 is 0. The Kier molecular flexibility index (Phi) is 4.22. The first-order chi connectivity index (χ1) is 7.77. The van der Waals surface area contributed by atoms with E-state index in [0.29, 0.717) is 17.9 Å². The number of nitrogens with one attached hydrogen (secondary N) is 1. The van der Waals surface area contributed by atoms with Crippen LogP contribution in [0.15, 0.2) is 0 Å². The SMILES string of the molecule is C[C@H]1CCCCN1C(=O)CC1CCNCC1. The van der Waals surface area contributed by atoms with Crippen LogP contribution in [0.5, 0.6) is 0 Å². The molecule has 2 fully saturated rings. The maximum absolute atomic E-state index is 12.2. The average molecular weight is 224 g/mol. The van der Waals surface area contributed by atoms with Crippen LogP contribution in [0.4, 0.5) is 0 Å². The van der Waals surface area contributed by atoms with Gasteiger partial charge in [0.2, 0.25) is 5.91 Å². The molecule has 0 spiro atoms. The Hall–Kier alpha value is -0.570. The number of amides is 1. The van der Waals surface area contributed by atoms with Crippen LogP contribution in [0, 0.1) is 5.92 Å². The first kappa shape index (κ1) is 11.9. The van der Waals surface area contributed by atoms with Crippen molar-refractivity contribution in [1.82, 2.24) is 10.2 Å². The summed E-state index contributed by atoms with van der Waals surface area (Å²) in [7, 11) is 0. The van der Waals surface area contributed by atoms with Crippen LogP contribution in [0.25, 0.3) is 0 Å². The highest BCUT2D eigenvalue weighted by Crippen LogP contribution is 2.22. The monoisotopic (exact) mass is 224 g/mol. The van der Waals surface area contributed by atoms with Gasteiger partial charge in [0, 0.05) is 19.0 Å². The lowest BCUT2D eigenvalue weighted by molar-refractivity contribution is -0.135. The fraction of sp³-hybridized carbons (Fsp3) is 0.923. The molecule has 1 amide bonds. The molecule has 1 N–H and O–H groups in total. The summed E-state index contributed by atoms with van der Waals surface area (Å²) in [5, 5.41) is 3.35. The number of piperidine rings is 2. The standard InChI is InChI=1S/C13H24N2O/c1-11-4-2-3-9-15(11)13(16)10-12-5-7-14-8-6-12/h11-12,14H,2-10H2,1H3/t11-/m0/s1. The highest BCUT2D eigenvalue weighted by atomic mass is 16.2. The fourth-order valence-corrected chi connectivity index (χ4v) is 2.92. The molecule has 1 atom stereocenters. The van der Waals surface area contributed by atoms with Crippen LogP contribution >= 0.6 is 0 Å². The second-order valence-corrected chi connectivity index (χ2v) is 5.33. The summed E-state index contributed by atoms with van der Waals surface area (Å²) >= 11 is 0. The van der Waals surface area contributed by atoms with E-state index in [1.165, 1.54) is 32.1 Å². The van der Waals surface area contributed by atoms with E-state index >= 15 is 0 Å². The van der Waals surface area contributed by atoms with Crippen molar-refractivity contribution >= 4 is 5.91 Å². The number of hydrogen-bond donors (Lipinski definition) is 1. The van der Waals surface area contributed by atoms with Gasteiger partial charge in [-0.15, -0.1) is 0 Å². The van der Waals surface area contributed by atoms with Gasteiger partial charge in [0.25, 0.3) is 0 Å². The van der Waals surface area contributed by atoms with Gasteiger partial charge in [-0.25, -0.2) is 0 Å². The zero-order valence-electron chi connectivity index (χ0n) is 10.4. The van der Waals surface area contributed by atoms with E-state index in [2.05, 4.69) is 17.1 Å². The van der Waals surface area contributed by atoms with Crippen molar-refractivity contribution in [3.8, 4) is 0 Å². The molecule has 2 aliphatic rings. The van der Waals surface area contributed by atoms with Crippen molar-refractivity contribution in [2.45, 2.75) is 51.5 Å². The van der Waals surface area contributed by atoms with E-state index in [-0.39, 0.29) is 0 Å². The maximum Gasteiger partial charge on any atom is 0.223 e. The Bertz CT molecular complexity index is 236. The third-order valence-corrected chi connectivity index (χ3v) is 4.05. The minimum absolute atomic E-state index is 0.402. The summed E-state index contributed by atoms with van der Waals surface area (Å²) in [6, 6.07) is 0.475. The van der Waals surface area contributed by atoms with Crippen molar-refractivity contribution in [1.29, 1.82) is 0 Å². The molecule has 0 aromatic heterocycles. The molecule has 0 unspecified atom stereocenters. The van der Waals surface area contributed by atoms with E-state index in [4.69, 9.17) is 0 Å². The lowest BCUT2D eigenvalue weighted by Gasteiger charge is -2.35. The quantitative estimate of drug-likeness (QED) is 0.775. The van der Waals surface area contributed by atoms with Crippen LogP contribution in [-0.4, -0.2) is 36.5 Å². The van der Waals surface area contributed by atoms with Crippen LogP contribution in [0.1, 0.15) is 45.4 Å².